The van der Waals surface area contributed by atoms with E-state index in [1.807, 2.05) is 0 Å². The summed E-state index contributed by atoms with van der Waals surface area (Å²) in [6.07, 6.45) is 0.646. The molecule has 0 saturated carbocycles. The highest BCUT2D eigenvalue weighted by molar-refractivity contribution is 7.07. The topological polar surface area (TPSA) is 93.2 Å². The summed E-state index contributed by atoms with van der Waals surface area (Å²) in [5.74, 6) is -0.271. The standard InChI is InChI=1S/C14H14Cl2N4O3S/c1-8-13(24-20-17-8)14(22)19-18-12(21)3-2-6-23-11-5-4-9(15)7-10(11)16/h4-5,7H,2-3,6H2,1H3,(H,18,21)(H,19,22). The molecule has 2 aromatic rings. The van der Waals surface area contributed by atoms with Crippen molar-refractivity contribution in [3.05, 3.63) is 38.8 Å². The minimum Gasteiger partial charge on any atom is -0.492 e. The van der Waals surface area contributed by atoms with Crippen molar-refractivity contribution in [2.24, 2.45) is 0 Å². The third-order valence-corrected chi connectivity index (χ3v) is 4.23. The van der Waals surface area contributed by atoms with Crippen LogP contribution in [0.15, 0.2) is 18.2 Å². The van der Waals surface area contributed by atoms with Gasteiger partial charge in [-0.05, 0) is 43.1 Å². The van der Waals surface area contributed by atoms with Crippen molar-refractivity contribution in [3.8, 4) is 5.75 Å². The molecule has 10 heteroatoms. The van der Waals surface area contributed by atoms with E-state index in [4.69, 9.17) is 27.9 Å². The Morgan fingerprint density at radius 3 is 2.75 bits per heavy atom. The lowest BCUT2D eigenvalue weighted by Gasteiger charge is -2.09. The summed E-state index contributed by atoms with van der Waals surface area (Å²) < 4.78 is 9.12. The molecule has 128 valence electrons. The van der Waals surface area contributed by atoms with Gasteiger partial charge in [0.25, 0.3) is 5.91 Å². The second-order valence-electron chi connectivity index (χ2n) is 4.72. The minimum atomic E-state index is -0.444. The minimum absolute atomic E-state index is 0.186. The zero-order chi connectivity index (χ0) is 17.5. The predicted molar refractivity (Wildman–Crippen MR) is 91.4 cm³/mol. The molecule has 2 rings (SSSR count). The van der Waals surface area contributed by atoms with Crippen molar-refractivity contribution in [2.75, 3.05) is 6.61 Å². The van der Waals surface area contributed by atoms with Crippen LogP contribution < -0.4 is 15.6 Å². The Labute approximate surface area is 152 Å². The lowest BCUT2D eigenvalue weighted by Crippen LogP contribution is -2.41. The molecular weight excluding hydrogens is 375 g/mol. The molecule has 0 bridgehead atoms. The number of carbonyl (C=O) groups excluding carboxylic acids is 2. The van der Waals surface area contributed by atoms with Crippen LogP contribution in [0.5, 0.6) is 5.75 Å². The SMILES string of the molecule is Cc1nnsc1C(=O)NNC(=O)CCCOc1ccc(Cl)cc1Cl. The number of hydrogen-bond donors (Lipinski definition) is 2. The predicted octanol–water partition coefficient (Wildman–Crippen LogP) is 2.77. The molecule has 1 aromatic heterocycles. The first-order valence-corrected chi connectivity index (χ1v) is 8.46. The number of benzene rings is 1. The van der Waals surface area contributed by atoms with Crippen LogP contribution >= 0.6 is 34.7 Å². The monoisotopic (exact) mass is 388 g/mol. The Balaban J connectivity index is 1.66. The summed E-state index contributed by atoms with van der Waals surface area (Å²) >= 11 is 12.7. The number of nitrogens with one attached hydrogen (secondary N) is 2. The first-order chi connectivity index (χ1) is 11.5. The van der Waals surface area contributed by atoms with Gasteiger partial charge in [-0.1, -0.05) is 27.7 Å². The molecule has 0 saturated heterocycles. The summed E-state index contributed by atoms with van der Waals surface area (Å²) in [6, 6.07) is 4.91. The van der Waals surface area contributed by atoms with E-state index in [0.29, 0.717) is 39.4 Å². The van der Waals surface area contributed by atoms with Gasteiger partial charge in [0.1, 0.15) is 10.6 Å². The maximum absolute atomic E-state index is 11.8. The molecule has 0 aliphatic rings. The second-order valence-corrected chi connectivity index (χ2v) is 6.31. The molecule has 1 heterocycles. The lowest BCUT2D eigenvalue weighted by molar-refractivity contribution is -0.122. The highest BCUT2D eigenvalue weighted by atomic mass is 35.5. The Morgan fingerprint density at radius 1 is 1.29 bits per heavy atom. The van der Waals surface area contributed by atoms with Crippen LogP contribution in [0, 0.1) is 6.92 Å². The van der Waals surface area contributed by atoms with Gasteiger partial charge in [0.2, 0.25) is 5.91 Å². The number of halogens is 2. The normalized spacial score (nSPS) is 10.3. The summed E-state index contributed by atoms with van der Waals surface area (Å²) in [5.41, 5.74) is 5.16. The number of amides is 2. The van der Waals surface area contributed by atoms with Crippen molar-refractivity contribution in [3.63, 3.8) is 0 Å². The van der Waals surface area contributed by atoms with Gasteiger partial charge in [0.05, 0.1) is 17.3 Å². The molecule has 1 aromatic carbocycles. The molecular formula is C14H14Cl2N4O3S. The van der Waals surface area contributed by atoms with Crippen molar-refractivity contribution >= 4 is 46.5 Å². The van der Waals surface area contributed by atoms with E-state index < -0.39 is 5.91 Å². The zero-order valence-electron chi connectivity index (χ0n) is 12.6. The quantitative estimate of drug-likeness (QED) is 0.586. The van der Waals surface area contributed by atoms with Crippen LogP contribution in [0.3, 0.4) is 0 Å². The Bertz CT molecular complexity index is 739. The number of carbonyl (C=O) groups is 2. The molecule has 7 nitrogen and oxygen atoms in total. The number of hydrogen-bond acceptors (Lipinski definition) is 6. The van der Waals surface area contributed by atoms with Crippen LogP contribution in [-0.4, -0.2) is 28.0 Å². The third kappa shape index (κ3) is 5.33. The van der Waals surface area contributed by atoms with Crippen LogP contribution in [-0.2, 0) is 4.79 Å². The number of rotatable bonds is 6. The summed E-state index contributed by atoms with van der Waals surface area (Å²) in [7, 11) is 0. The van der Waals surface area contributed by atoms with E-state index in [2.05, 4.69) is 20.4 Å². The van der Waals surface area contributed by atoms with E-state index >= 15 is 0 Å². The maximum atomic E-state index is 11.8. The number of aryl methyl sites for hydroxylation is 1. The second kappa shape index (κ2) is 8.81. The number of hydrazine groups is 1. The molecule has 0 aliphatic carbocycles. The number of aromatic nitrogens is 2. The van der Waals surface area contributed by atoms with Gasteiger partial charge < -0.3 is 4.74 Å². The van der Waals surface area contributed by atoms with Gasteiger partial charge in [-0.2, -0.15) is 0 Å². The highest BCUT2D eigenvalue weighted by Gasteiger charge is 2.13. The summed E-state index contributed by atoms with van der Waals surface area (Å²) in [5, 5.41) is 4.66. The van der Waals surface area contributed by atoms with Crippen molar-refractivity contribution in [1.29, 1.82) is 0 Å². The Hall–Kier alpha value is -1.90. The first kappa shape index (κ1) is 18.4. The van der Waals surface area contributed by atoms with E-state index in [0.717, 1.165) is 11.5 Å². The van der Waals surface area contributed by atoms with E-state index in [1.54, 1.807) is 25.1 Å². The van der Waals surface area contributed by atoms with Crippen molar-refractivity contribution < 1.29 is 14.3 Å². The molecule has 0 aliphatic heterocycles. The Morgan fingerprint density at radius 2 is 2.08 bits per heavy atom. The zero-order valence-corrected chi connectivity index (χ0v) is 15.0. The van der Waals surface area contributed by atoms with Crippen LogP contribution in [0.4, 0.5) is 0 Å². The van der Waals surface area contributed by atoms with E-state index in [9.17, 15) is 9.59 Å². The average Bonchev–Trinajstić information content (AvgIpc) is 2.97. The molecule has 2 amide bonds. The molecule has 24 heavy (non-hydrogen) atoms. The largest absolute Gasteiger partial charge is 0.492 e. The first-order valence-electron chi connectivity index (χ1n) is 6.93. The van der Waals surface area contributed by atoms with Gasteiger partial charge in [-0.25, -0.2) is 0 Å². The van der Waals surface area contributed by atoms with Gasteiger partial charge >= 0.3 is 0 Å². The fourth-order valence-corrected chi connectivity index (χ4v) is 2.71. The average molecular weight is 389 g/mol. The van der Waals surface area contributed by atoms with Crippen LogP contribution in [0.25, 0.3) is 0 Å². The third-order valence-electron chi connectivity index (χ3n) is 2.87. The molecule has 2 N–H and O–H groups in total. The molecule has 0 atom stereocenters. The smallest absolute Gasteiger partial charge is 0.283 e. The van der Waals surface area contributed by atoms with Crippen molar-refractivity contribution in [2.45, 2.75) is 19.8 Å². The summed E-state index contributed by atoms with van der Waals surface area (Å²) in [4.78, 5) is 23.8. The van der Waals surface area contributed by atoms with Crippen molar-refractivity contribution in [1.82, 2.24) is 20.4 Å². The van der Waals surface area contributed by atoms with Crippen LogP contribution in [0.1, 0.15) is 28.2 Å². The highest BCUT2D eigenvalue weighted by Crippen LogP contribution is 2.27. The van der Waals surface area contributed by atoms with Gasteiger partial charge in [0.15, 0.2) is 0 Å². The molecule has 0 spiro atoms. The fourth-order valence-electron chi connectivity index (χ4n) is 1.69. The van der Waals surface area contributed by atoms with Crippen LogP contribution in [0.2, 0.25) is 10.0 Å². The molecule has 0 fully saturated rings. The fraction of sp³-hybridized carbons (Fsp3) is 0.286. The Kier molecular flexibility index (Phi) is 6.77. The van der Waals surface area contributed by atoms with E-state index in [1.165, 1.54) is 0 Å². The maximum Gasteiger partial charge on any atom is 0.283 e. The summed E-state index contributed by atoms with van der Waals surface area (Å²) in [6.45, 7) is 1.97. The van der Waals surface area contributed by atoms with Gasteiger partial charge in [-0.15, -0.1) is 5.10 Å². The number of nitrogens with zero attached hydrogens (tertiary/aromatic N) is 2. The molecule has 0 radical (unpaired) electrons. The lowest BCUT2D eigenvalue weighted by atomic mass is 10.3. The number of ether oxygens (including phenoxy) is 1. The van der Waals surface area contributed by atoms with Gasteiger partial charge in [-0.3, -0.25) is 20.4 Å². The van der Waals surface area contributed by atoms with E-state index in [-0.39, 0.29) is 12.3 Å². The van der Waals surface area contributed by atoms with Gasteiger partial charge in [0, 0.05) is 11.4 Å². The molecule has 0 unspecified atom stereocenters.